The van der Waals surface area contributed by atoms with E-state index in [9.17, 15) is 4.79 Å². The van der Waals surface area contributed by atoms with Crippen molar-refractivity contribution in [2.45, 2.75) is 64.6 Å². The smallest absolute Gasteiger partial charge is 0.225 e. The van der Waals surface area contributed by atoms with Gasteiger partial charge in [-0.2, -0.15) is 5.10 Å². The van der Waals surface area contributed by atoms with E-state index in [0.717, 1.165) is 51.4 Å². The van der Waals surface area contributed by atoms with Gasteiger partial charge >= 0.3 is 0 Å². The lowest BCUT2D eigenvalue weighted by Gasteiger charge is -2.26. The molecule has 0 spiro atoms. The van der Waals surface area contributed by atoms with Gasteiger partial charge < -0.3 is 15.5 Å². The Hall–Kier alpha value is -2.83. The molecule has 1 atom stereocenters. The first-order valence-electron chi connectivity index (χ1n) is 12.1. The predicted octanol–water partition coefficient (Wildman–Crippen LogP) is 3.17. The zero-order valence-corrected chi connectivity index (χ0v) is 19.2. The summed E-state index contributed by atoms with van der Waals surface area (Å²) in [5.74, 6) is 1.44. The fourth-order valence-electron chi connectivity index (χ4n) is 4.78. The van der Waals surface area contributed by atoms with Crippen LogP contribution >= 0.6 is 0 Å². The molecule has 2 heterocycles. The Labute approximate surface area is 191 Å². The van der Waals surface area contributed by atoms with Crippen molar-refractivity contribution in [3.05, 3.63) is 53.9 Å². The third kappa shape index (κ3) is 6.11. The van der Waals surface area contributed by atoms with E-state index >= 15 is 0 Å². The molecular weight excluding hydrogens is 400 g/mol. The number of likely N-dealkylation sites (tertiary alicyclic amines) is 1. The number of amides is 1. The summed E-state index contributed by atoms with van der Waals surface area (Å²) in [5, 5.41) is 11.2. The molecule has 1 aliphatic heterocycles. The number of benzene rings is 1. The summed E-state index contributed by atoms with van der Waals surface area (Å²) in [5.41, 5.74) is 2.39. The van der Waals surface area contributed by atoms with Crippen LogP contribution in [0.25, 0.3) is 0 Å². The van der Waals surface area contributed by atoms with Crippen molar-refractivity contribution in [3.63, 3.8) is 0 Å². The number of nitrogens with one attached hydrogen (secondary N) is 2. The number of aliphatic imine (C=N–C) groups is 1. The molecule has 4 rings (SSSR count). The van der Waals surface area contributed by atoms with Gasteiger partial charge in [-0.15, -0.1) is 0 Å². The average Bonchev–Trinajstić information content (AvgIpc) is 3.50. The molecule has 1 aliphatic carbocycles. The molecule has 32 heavy (non-hydrogen) atoms. The molecule has 0 radical (unpaired) electrons. The van der Waals surface area contributed by atoms with Crippen LogP contribution in [0.1, 0.15) is 56.6 Å². The number of nitrogens with zero attached hydrogens (tertiary/aromatic N) is 4. The molecule has 1 aromatic heterocycles. The monoisotopic (exact) mass is 436 g/mol. The number of carbonyl (C=O) groups excluding carboxylic acids is 1. The van der Waals surface area contributed by atoms with Crippen molar-refractivity contribution in [3.8, 4) is 0 Å². The quantitative estimate of drug-likeness (QED) is 0.516. The zero-order valence-electron chi connectivity index (χ0n) is 19.2. The van der Waals surface area contributed by atoms with E-state index in [4.69, 9.17) is 4.99 Å². The third-order valence-electron chi connectivity index (χ3n) is 6.45. The van der Waals surface area contributed by atoms with E-state index in [1.807, 2.05) is 16.9 Å². The minimum Gasteiger partial charge on any atom is -0.357 e. The maximum absolute atomic E-state index is 12.9. The van der Waals surface area contributed by atoms with Crippen LogP contribution < -0.4 is 10.6 Å². The summed E-state index contributed by atoms with van der Waals surface area (Å²) in [4.78, 5) is 19.7. The fraction of sp³-hybridized carbons (Fsp3) is 0.560. The highest BCUT2D eigenvalue weighted by Crippen LogP contribution is 2.26. The van der Waals surface area contributed by atoms with Crippen LogP contribution in [0.5, 0.6) is 0 Å². The molecule has 0 bridgehead atoms. The second-order valence-electron chi connectivity index (χ2n) is 8.97. The molecule has 1 saturated carbocycles. The zero-order chi connectivity index (χ0) is 22.2. The Balaban J connectivity index is 1.32. The van der Waals surface area contributed by atoms with Crippen LogP contribution in [0.15, 0.2) is 47.7 Å². The Morgan fingerprint density at radius 2 is 2.00 bits per heavy atom. The van der Waals surface area contributed by atoms with Crippen LogP contribution in [-0.4, -0.2) is 52.2 Å². The molecular formula is C25H36N6O. The van der Waals surface area contributed by atoms with Crippen molar-refractivity contribution in [1.82, 2.24) is 25.3 Å². The standard InChI is InChI=1S/C25H36N6O/c1-2-26-25(27-17-20-8-6-9-21(16-20)18-31-14-7-13-28-31)29-23-12-15-30(19-23)24(32)22-10-4-3-5-11-22/h6-9,13-14,16,22-23H,2-5,10-12,15,17-19H2,1H3,(H2,26,27,29). The Kier molecular flexibility index (Phi) is 7.80. The van der Waals surface area contributed by atoms with Crippen molar-refractivity contribution in [2.75, 3.05) is 19.6 Å². The van der Waals surface area contributed by atoms with Gasteiger partial charge in [0.2, 0.25) is 5.91 Å². The van der Waals surface area contributed by atoms with Gasteiger partial charge in [0.15, 0.2) is 5.96 Å². The Bertz CT molecular complexity index is 888. The van der Waals surface area contributed by atoms with Crippen molar-refractivity contribution in [2.24, 2.45) is 10.9 Å². The molecule has 1 unspecified atom stereocenters. The van der Waals surface area contributed by atoms with Crippen molar-refractivity contribution < 1.29 is 4.79 Å². The highest BCUT2D eigenvalue weighted by molar-refractivity contribution is 5.81. The molecule has 2 N–H and O–H groups in total. The summed E-state index contributed by atoms with van der Waals surface area (Å²) in [7, 11) is 0. The number of carbonyl (C=O) groups is 1. The van der Waals surface area contributed by atoms with E-state index in [-0.39, 0.29) is 12.0 Å². The Morgan fingerprint density at radius 3 is 2.78 bits per heavy atom. The summed E-state index contributed by atoms with van der Waals surface area (Å²) in [6, 6.07) is 10.7. The molecule has 2 aromatic rings. The van der Waals surface area contributed by atoms with Gasteiger partial charge in [-0.25, -0.2) is 4.99 Å². The maximum atomic E-state index is 12.9. The number of aromatic nitrogens is 2. The van der Waals surface area contributed by atoms with Crippen molar-refractivity contribution in [1.29, 1.82) is 0 Å². The second-order valence-corrected chi connectivity index (χ2v) is 8.97. The summed E-state index contributed by atoms with van der Waals surface area (Å²) in [6.07, 6.45) is 10.6. The molecule has 172 valence electrons. The fourth-order valence-corrected chi connectivity index (χ4v) is 4.78. The summed E-state index contributed by atoms with van der Waals surface area (Å²) >= 11 is 0. The van der Waals surface area contributed by atoms with E-state index in [2.05, 4.69) is 51.8 Å². The van der Waals surface area contributed by atoms with Gasteiger partial charge in [0.25, 0.3) is 0 Å². The minimum absolute atomic E-state index is 0.249. The van der Waals surface area contributed by atoms with Crippen LogP contribution in [0.4, 0.5) is 0 Å². The van der Waals surface area contributed by atoms with E-state index < -0.39 is 0 Å². The normalized spacial score (nSPS) is 19.8. The van der Waals surface area contributed by atoms with Gasteiger partial charge in [-0.05, 0) is 43.4 Å². The highest BCUT2D eigenvalue weighted by Gasteiger charge is 2.31. The van der Waals surface area contributed by atoms with E-state index in [0.29, 0.717) is 12.5 Å². The lowest BCUT2D eigenvalue weighted by Crippen LogP contribution is -2.45. The van der Waals surface area contributed by atoms with Crippen LogP contribution in [0.3, 0.4) is 0 Å². The Morgan fingerprint density at radius 1 is 1.16 bits per heavy atom. The molecule has 7 heteroatoms. The average molecular weight is 437 g/mol. The first-order chi connectivity index (χ1) is 15.7. The van der Waals surface area contributed by atoms with Gasteiger partial charge in [0.1, 0.15) is 0 Å². The van der Waals surface area contributed by atoms with Crippen molar-refractivity contribution >= 4 is 11.9 Å². The summed E-state index contributed by atoms with van der Waals surface area (Å²) in [6.45, 7) is 5.88. The minimum atomic E-state index is 0.249. The third-order valence-corrected chi connectivity index (χ3v) is 6.45. The molecule has 2 aliphatic rings. The van der Waals surface area contributed by atoms with E-state index in [1.165, 1.54) is 30.4 Å². The van der Waals surface area contributed by atoms with Crippen LogP contribution in [0, 0.1) is 5.92 Å². The van der Waals surface area contributed by atoms with E-state index in [1.54, 1.807) is 6.20 Å². The molecule has 1 aromatic carbocycles. The first-order valence-corrected chi connectivity index (χ1v) is 12.1. The predicted molar refractivity (Wildman–Crippen MR) is 127 cm³/mol. The topological polar surface area (TPSA) is 74.6 Å². The van der Waals surface area contributed by atoms with Gasteiger partial charge in [-0.3, -0.25) is 9.48 Å². The summed E-state index contributed by atoms with van der Waals surface area (Å²) < 4.78 is 1.93. The number of hydrogen-bond acceptors (Lipinski definition) is 3. The SMILES string of the molecule is CCNC(=NCc1cccc(Cn2cccn2)c1)NC1CCN(C(=O)C2CCCCC2)C1. The molecule has 7 nitrogen and oxygen atoms in total. The number of guanidine groups is 1. The lowest BCUT2D eigenvalue weighted by atomic mass is 9.88. The largest absolute Gasteiger partial charge is 0.357 e. The lowest BCUT2D eigenvalue weighted by molar-refractivity contribution is -0.135. The second kappa shape index (κ2) is 11.2. The van der Waals surface area contributed by atoms with Crippen LogP contribution in [0.2, 0.25) is 0 Å². The highest BCUT2D eigenvalue weighted by atomic mass is 16.2. The molecule has 2 fully saturated rings. The van der Waals surface area contributed by atoms with Gasteiger partial charge in [0, 0.05) is 44.0 Å². The van der Waals surface area contributed by atoms with Gasteiger partial charge in [-0.1, -0.05) is 43.5 Å². The molecule has 1 saturated heterocycles. The number of hydrogen-bond donors (Lipinski definition) is 2. The maximum Gasteiger partial charge on any atom is 0.225 e. The number of rotatable bonds is 7. The molecule has 1 amide bonds. The van der Waals surface area contributed by atoms with Gasteiger partial charge in [0.05, 0.1) is 13.1 Å². The first kappa shape index (κ1) is 22.4. The van der Waals surface area contributed by atoms with Crippen LogP contribution in [-0.2, 0) is 17.9 Å².